The van der Waals surface area contributed by atoms with Gasteiger partial charge in [0.25, 0.3) is 6.47 Å². The summed E-state index contributed by atoms with van der Waals surface area (Å²) < 4.78 is 5.47. The molecule has 1 aliphatic rings. The Kier molecular flexibility index (Phi) is 4.86. The second-order valence-corrected chi connectivity index (χ2v) is 5.05. The second-order valence-electron chi connectivity index (χ2n) is 5.05. The summed E-state index contributed by atoms with van der Waals surface area (Å²) in [5, 5.41) is 6.89. The molecule has 0 aliphatic heterocycles. The molecule has 0 spiro atoms. The van der Waals surface area contributed by atoms with Crippen LogP contribution in [0, 0.1) is 5.92 Å². The summed E-state index contributed by atoms with van der Waals surface area (Å²) in [5.74, 6) is 2.30. The van der Waals surface area contributed by atoms with Crippen LogP contribution in [-0.4, -0.2) is 40.6 Å². The molecule has 21 heavy (non-hydrogen) atoms. The zero-order chi connectivity index (χ0) is 15.2. The average molecular weight is 290 g/mol. The van der Waals surface area contributed by atoms with Gasteiger partial charge in [0.2, 0.25) is 5.95 Å². The van der Waals surface area contributed by atoms with Gasteiger partial charge in [-0.2, -0.15) is 0 Å². The minimum Gasteiger partial charge on any atom is -0.483 e. The number of anilines is 1. The molecule has 1 saturated carbocycles. The Hall–Kier alpha value is -2.44. The van der Waals surface area contributed by atoms with E-state index in [1.165, 1.54) is 19.2 Å². The first-order valence-corrected chi connectivity index (χ1v) is 6.65. The normalized spacial score (nSPS) is 13.2. The molecule has 1 aliphatic carbocycles. The standard InChI is InChI=1S/C13H16N4O.CH2O2/c1-17(2)13-14-6-10(7-15-13)12-11(16-8-18-12)5-9-3-4-9;2-1-3/h6-9H,3-5H2,1-2H3;1H,(H,2,3). The molecule has 1 N–H and O–H groups in total. The third-order valence-corrected chi connectivity index (χ3v) is 3.12. The predicted molar refractivity (Wildman–Crippen MR) is 77.0 cm³/mol. The fraction of sp³-hybridized carbons (Fsp3) is 0.429. The number of hydrogen-bond donors (Lipinski definition) is 1. The van der Waals surface area contributed by atoms with Gasteiger partial charge in [-0.05, 0) is 25.2 Å². The van der Waals surface area contributed by atoms with Crippen LogP contribution >= 0.6 is 0 Å². The van der Waals surface area contributed by atoms with Gasteiger partial charge in [0.15, 0.2) is 12.2 Å². The van der Waals surface area contributed by atoms with Crippen LogP contribution in [0.15, 0.2) is 23.2 Å². The first-order chi connectivity index (χ1) is 10.2. The molecule has 2 aromatic heterocycles. The van der Waals surface area contributed by atoms with Gasteiger partial charge in [0, 0.05) is 26.5 Å². The highest BCUT2D eigenvalue weighted by Gasteiger charge is 2.25. The Morgan fingerprint density at radius 2 is 1.95 bits per heavy atom. The first kappa shape index (κ1) is 15.0. The largest absolute Gasteiger partial charge is 0.483 e. The molecule has 7 heteroatoms. The van der Waals surface area contributed by atoms with Gasteiger partial charge < -0.3 is 14.4 Å². The molecule has 0 radical (unpaired) electrons. The van der Waals surface area contributed by atoms with E-state index >= 15 is 0 Å². The number of rotatable bonds is 4. The van der Waals surface area contributed by atoms with E-state index in [9.17, 15) is 0 Å². The molecule has 0 amide bonds. The fourth-order valence-corrected chi connectivity index (χ4v) is 1.91. The maximum absolute atomic E-state index is 8.36. The summed E-state index contributed by atoms with van der Waals surface area (Å²) in [6.07, 6.45) is 8.71. The maximum Gasteiger partial charge on any atom is 0.290 e. The van der Waals surface area contributed by atoms with Crippen molar-refractivity contribution in [2.75, 3.05) is 19.0 Å². The summed E-state index contributed by atoms with van der Waals surface area (Å²) in [7, 11) is 3.84. The van der Waals surface area contributed by atoms with Crippen molar-refractivity contribution in [3.8, 4) is 11.3 Å². The van der Waals surface area contributed by atoms with Gasteiger partial charge in [-0.15, -0.1) is 0 Å². The van der Waals surface area contributed by atoms with Gasteiger partial charge in [-0.25, -0.2) is 15.0 Å². The summed E-state index contributed by atoms with van der Waals surface area (Å²) in [6, 6.07) is 0. The molecular weight excluding hydrogens is 272 g/mol. The van der Waals surface area contributed by atoms with Gasteiger partial charge in [0.1, 0.15) is 0 Å². The number of carboxylic acid groups (broad SMARTS) is 1. The highest BCUT2D eigenvalue weighted by atomic mass is 16.3. The van der Waals surface area contributed by atoms with E-state index in [1.54, 1.807) is 12.4 Å². The summed E-state index contributed by atoms with van der Waals surface area (Å²) in [4.78, 5) is 23.1. The molecule has 2 aromatic rings. The van der Waals surface area contributed by atoms with Crippen LogP contribution in [0.3, 0.4) is 0 Å². The molecule has 3 rings (SSSR count). The summed E-state index contributed by atoms with van der Waals surface area (Å²) in [6.45, 7) is -0.250. The number of nitrogens with zero attached hydrogens (tertiary/aromatic N) is 4. The maximum atomic E-state index is 8.36. The number of oxazole rings is 1. The zero-order valence-electron chi connectivity index (χ0n) is 12.1. The minimum absolute atomic E-state index is 0.250. The van der Waals surface area contributed by atoms with Crippen LogP contribution < -0.4 is 4.90 Å². The first-order valence-electron chi connectivity index (χ1n) is 6.65. The quantitative estimate of drug-likeness (QED) is 0.859. The Bertz CT molecular complexity index is 576. The second kappa shape index (κ2) is 6.83. The molecule has 112 valence electrons. The molecule has 0 bridgehead atoms. The van der Waals surface area contributed by atoms with Crippen molar-refractivity contribution >= 4 is 12.4 Å². The number of carbonyl (C=O) groups is 1. The monoisotopic (exact) mass is 290 g/mol. The molecular formula is C14H18N4O3. The van der Waals surface area contributed by atoms with Gasteiger partial charge >= 0.3 is 0 Å². The highest BCUT2D eigenvalue weighted by Crippen LogP contribution is 2.35. The van der Waals surface area contributed by atoms with E-state index in [1.807, 2.05) is 19.0 Å². The van der Waals surface area contributed by atoms with Gasteiger partial charge in [-0.3, -0.25) is 4.79 Å². The molecule has 0 saturated heterocycles. The molecule has 0 atom stereocenters. The molecule has 7 nitrogen and oxygen atoms in total. The Morgan fingerprint density at radius 1 is 1.33 bits per heavy atom. The van der Waals surface area contributed by atoms with E-state index < -0.39 is 0 Å². The lowest BCUT2D eigenvalue weighted by Crippen LogP contribution is -2.12. The van der Waals surface area contributed by atoms with Crippen LogP contribution in [0.1, 0.15) is 18.5 Å². The van der Waals surface area contributed by atoms with Crippen molar-refractivity contribution < 1.29 is 14.3 Å². The average Bonchev–Trinajstić information content (AvgIpc) is 3.16. The lowest BCUT2D eigenvalue weighted by atomic mass is 10.1. The van der Waals surface area contributed by atoms with E-state index in [-0.39, 0.29) is 6.47 Å². The topological polar surface area (TPSA) is 92.4 Å². The highest BCUT2D eigenvalue weighted by molar-refractivity contribution is 5.58. The van der Waals surface area contributed by atoms with Crippen LogP contribution in [0.25, 0.3) is 11.3 Å². The lowest BCUT2D eigenvalue weighted by Gasteiger charge is -2.09. The van der Waals surface area contributed by atoms with Crippen molar-refractivity contribution in [1.82, 2.24) is 15.0 Å². The third kappa shape index (κ3) is 4.01. The van der Waals surface area contributed by atoms with Crippen LogP contribution in [0.2, 0.25) is 0 Å². The SMILES string of the molecule is CN(C)c1ncc(-c2ocnc2CC2CC2)cn1.O=CO. The van der Waals surface area contributed by atoms with Gasteiger partial charge in [-0.1, -0.05) is 0 Å². The van der Waals surface area contributed by atoms with Crippen LogP contribution in [0.4, 0.5) is 5.95 Å². The smallest absolute Gasteiger partial charge is 0.290 e. The number of hydrogen-bond acceptors (Lipinski definition) is 6. The molecule has 0 unspecified atom stereocenters. The molecule has 1 fully saturated rings. The van der Waals surface area contributed by atoms with Crippen LogP contribution in [-0.2, 0) is 11.2 Å². The van der Waals surface area contributed by atoms with Crippen molar-refractivity contribution in [3.05, 3.63) is 24.5 Å². The molecule has 2 heterocycles. The zero-order valence-corrected chi connectivity index (χ0v) is 12.1. The van der Waals surface area contributed by atoms with Crippen molar-refractivity contribution in [3.63, 3.8) is 0 Å². The van der Waals surface area contributed by atoms with Crippen molar-refractivity contribution in [2.24, 2.45) is 5.92 Å². The molecule has 0 aromatic carbocycles. The lowest BCUT2D eigenvalue weighted by molar-refractivity contribution is -0.122. The number of aromatic nitrogens is 3. The van der Waals surface area contributed by atoms with E-state index in [2.05, 4.69) is 15.0 Å². The van der Waals surface area contributed by atoms with Crippen molar-refractivity contribution in [2.45, 2.75) is 19.3 Å². The van der Waals surface area contributed by atoms with Crippen molar-refractivity contribution in [1.29, 1.82) is 0 Å². The van der Waals surface area contributed by atoms with E-state index in [0.29, 0.717) is 5.95 Å². The summed E-state index contributed by atoms with van der Waals surface area (Å²) >= 11 is 0. The Morgan fingerprint density at radius 3 is 2.48 bits per heavy atom. The predicted octanol–water partition coefficient (Wildman–Crippen LogP) is 1.85. The Balaban J connectivity index is 0.000000497. The van der Waals surface area contributed by atoms with Gasteiger partial charge in [0.05, 0.1) is 11.3 Å². The Labute approximate surface area is 122 Å². The summed E-state index contributed by atoms with van der Waals surface area (Å²) in [5.41, 5.74) is 1.92. The van der Waals surface area contributed by atoms with E-state index in [0.717, 1.165) is 29.4 Å². The third-order valence-electron chi connectivity index (χ3n) is 3.12. The van der Waals surface area contributed by atoms with Crippen LogP contribution in [0.5, 0.6) is 0 Å². The fourth-order valence-electron chi connectivity index (χ4n) is 1.91. The van der Waals surface area contributed by atoms with E-state index in [4.69, 9.17) is 14.3 Å². The minimum atomic E-state index is -0.250.